The Balaban J connectivity index is 0.00000288. The largest absolute Gasteiger partial charge is 0.495 e. The van der Waals surface area contributed by atoms with Gasteiger partial charge in [0.15, 0.2) is 5.96 Å². The van der Waals surface area contributed by atoms with Gasteiger partial charge in [0.25, 0.3) is 0 Å². The van der Waals surface area contributed by atoms with E-state index in [-0.39, 0.29) is 35.8 Å². The number of nitrogens with two attached hydrogens (primary N) is 1. The SMILES string of the molecule is COc1ccc(NC(N)=NCCC(=O)N2CCCCC2)cc1Cl.I. The number of carbonyl (C=O) groups is 1. The van der Waals surface area contributed by atoms with E-state index in [0.29, 0.717) is 23.7 Å². The summed E-state index contributed by atoms with van der Waals surface area (Å²) in [6, 6.07) is 5.26. The number of nitrogens with zero attached hydrogens (tertiary/aromatic N) is 2. The summed E-state index contributed by atoms with van der Waals surface area (Å²) < 4.78 is 5.09. The molecule has 1 aromatic carbocycles. The molecule has 134 valence electrons. The van der Waals surface area contributed by atoms with Crippen LogP contribution < -0.4 is 15.8 Å². The first-order chi connectivity index (χ1) is 11.1. The lowest BCUT2D eigenvalue weighted by Crippen LogP contribution is -2.36. The van der Waals surface area contributed by atoms with Gasteiger partial charge in [0, 0.05) is 25.2 Å². The monoisotopic (exact) mass is 466 g/mol. The van der Waals surface area contributed by atoms with Gasteiger partial charge < -0.3 is 20.7 Å². The molecule has 1 aliphatic heterocycles. The standard InChI is InChI=1S/C16H23ClN4O2.HI/c1-23-14-6-5-12(11-13(14)17)20-16(18)19-8-7-15(22)21-9-3-2-4-10-21;/h5-6,11H,2-4,7-10H2,1H3,(H3,18,19,20);1H. The zero-order valence-electron chi connectivity index (χ0n) is 13.8. The van der Waals surface area contributed by atoms with Gasteiger partial charge in [0.05, 0.1) is 18.7 Å². The maximum atomic E-state index is 12.0. The summed E-state index contributed by atoms with van der Waals surface area (Å²) in [5.41, 5.74) is 6.55. The first-order valence-electron chi connectivity index (χ1n) is 7.78. The van der Waals surface area contributed by atoms with Crippen molar-refractivity contribution in [3.05, 3.63) is 23.2 Å². The summed E-state index contributed by atoms with van der Waals surface area (Å²) in [5, 5.41) is 3.44. The van der Waals surface area contributed by atoms with Crippen LogP contribution in [0, 0.1) is 0 Å². The van der Waals surface area contributed by atoms with Crippen LogP contribution in [0.4, 0.5) is 5.69 Å². The number of hydrogen-bond donors (Lipinski definition) is 2. The number of carbonyl (C=O) groups excluding carboxylic acids is 1. The highest BCUT2D eigenvalue weighted by Crippen LogP contribution is 2.27. The normalized spacial score (nSPS) is 14.8. The minimum atomic E-state index is 0. The summed E-state index contributed by atoms with van der Waals surface area (Å²) in [4.78, 5) is 18.1. The third-order valence-corrected chi connectivity index (χ3v) is 4.04. The topological polar surface area (TPSA) is 80.0 Å². The van der Waals surface area contributed by atoms with Crippen LogP contribution in [-0.4, -0.2) is 43.5 Å². The van der Waals surface area contributed by atoms with Crippen LogP contribution in [0.5, 0.6) is 5.75 Å². The number of ether oxygens (including phenoxy) is 1. The lowest BCUT2D eigenvalue weighted by Gasteiger charge is -2.26. The van der Waals surface area contributed by atoms with Crippen LogP contribution in [0.1, 0.15) is 25.7 Å². The van der Waals surface area contributed by atoms with Crippen molar-refractivity contribution in [3.8, 4) is 5.75 Å². The van der Waals surface area contributed by atoms with Crippen molar-refractivity contribution in [2.24, 2.45) is 10.7 Å². The van der Waals surface area contributed by atoms with Gasteiger partial charge >= 0.3 is 0 Å². The van der Waals surface area contributed by atoms with E-state index in [1.807, 2.05) is 4.90 Å². The van der Waals surface area contributed by atoms with Gasteiger partial charge in [-0.05, 0) is 37.5 Å². The highest BCUT2D eigenvalue weighted by atomic mass is 127. The molecular formula is C16H24ClIN4O2. The number of guanidine groups is 1. The molecule has 6 nitrogen and oxygen atoms in total. The molecule has 0 saturated carbocycles. The van der Waals surface area contributed by atoms with Gasteiger partial charge in [-0.2, -0.15) is 0 Å². The highest BCUT2D eigenvalue weighted by molar-refractivity contribution is 14.0. The van der Waals surface area contributed by atoms with E-state index in [1.54, 1.807) is 25.3 Å². The smallest absolute Gasteiger partial charge is 0.224 e. The van der Waals surface area contributed by atoms with E-state index in [9.17, 15) is 4.79 Å². The molecule has 0 radical (unpaired) electrons. The molecule has 1 heterocycles. The van der Waals surface area contributed by atoms with Crippen LogP contribution in [0.3, 0.4) is 0 Å². The predicted octanol–water partition coefficient (Wildman–Crippen LogP) is 3.10. The van der Waals surface area contributed by atoms with E-state index >= 15 is 0 Å². The van der Waals surface area contributed by atoms with E-state index in [2.05, 4.69) is 10.3 Å². The maximum absolute atomic E-state index is 12.0. The van der Waals surface area contributed by atoms with E-state index < -0.39 is 0 Å². The summed E-state index contributed by atoms with van der Waals surface area (Å²) in [6.07, 6.45) is 3.78. The van der Waals surface area contributed by atoms with E-state index in [0.717, 1.165) is 31.6 Å². The van der Waals surface area contributed by atoms with Crippen LogP contribution >= 0.6 is 35.6 Å². The highest BCUT2D eigenvalue weighted by Gasteiger charge is 2.15. The van der Waals surface area contributed by atoms with E-state index in [4.69, 9.17) is 22.1 Å². The molecule has 0 bridgehead atoms. The Morgan fingerprint density at radius 2 is 2.08 bits per heavy atom. The lowest BCUT2D eigenvalue weighted by molar-refractivity contribution is -0.131. The van der Waals surface area contributed by atoms with Crippen molar-refractivity contribution in [2.75, 3.05) is 32.1 Å². The lowest BCUT2D eigenvalue weighted by atomic mass is 10.1. The fourth-order valence-corrected chi connectivity index (χ4v) is 2.76. The minimum Gasteiger partial charge on any atom is -0.495 e. The Morgan fingerprint density at radius 1 is 1.38 bits per heavy atom. The van der Waals surface area contributed by atoms with Crippen molar-refractivity contribution in [1.29, 1.82) is 0 Å². The molecular weight excluding hydrogens is 443 g/mol. The third-order valence-electron chi connectivity index (χ3n) is 3.74. The van der Waals surface area contributed by atoms with Crippen LogP contribution in [-0.2, 0) is 4.79 Å². The Labute approximate surface area is 164 Å². The number of piperidine rings is 1. The second-order valence-corrected chi connectivity index (χ2v) is 5.84. The number of benzene rings is 1. The summed E-state index contributed by atoms with van der Waals surface area (Å²) in [5.74, 6) is 1.01. The van der Waals surface area contributed by atoms with Crippen molar-refractivity contribution < 1.29 is 9.53 Å². The fourth-order valence-electron chi connectivity index (χ4n) is 2.50. The third kappa shape index (κ3) is 6.35. The Hall–Kier alpha value is -1.22. The van der Waals surface area contributed by atoms with Crippen molar-refractivity contribution in [3.63, 3.8) is 0 Å². The first-order valence-corrected chi connectivity index (χ1v) is 8.16. The molecule has 1 saturated heterocycles. The average molecular weight is 467 g/mol. The number of rotatable bonds is 5. The molecule has 1 fully saturated rings. The second-order valence-electron chi connectivity index (χ2n) is 5.43. The number of nitrogens with one attached hydrogen (secondary N) is 1. The van der Waals surface area contributed by atoms with Gasteiger partial charge in [-0.15, -0.1) is 24.0 Å². The van der Waals surface area contributed by atoms with Crippen molar-refractivity contribution in [2.45, 2.75) is 25.7 Å². The maximum Gasteiger partial charge on any atom is 0.224 e. The van der Waals surface area contributed by atoms with Gasteiger partial charge in [0.2, 0.25) is 5.91 Å². The first kappa shape index (κ1) is 20.8. The van der Waals surface area contributed by atoms with Crippen molar-refractivity contribution >= 4 is 53.1 Å². The Bertz CT molecular complexity index is 577. The molecule has 2 rings (SSSR count). The molecule has 1 aliphatic rings. The molecule has 3 N–H and O–H groups in total. The molecule has 1 aromatic rings. The zero-order chi connectivity index (χ0) is 16.7. The number of aliphatic imine (C=N–C) groups is 1. The molecule has 0 atom stereocenters. The molecule has 0 spiro atoms. The number of hydrogen-bond acceptors (Lipinski definition) is 3. The van der Waals surface area contributed by atoms with Gasteiger partial charge in [-0.25, -0.2) is 0 Å². The fraction of sp³-hybridized carbons (Fsp3) is 0.500. The number of halogens is 2. The molecule has 0 unspecified atom stereocenters. The number of amides is 1. The summed E-state index contributed by atoms with van der Waals surface area (Å²) >= 11 is 6.05. The number of anilines is 1. The molecule has 24 heavy (non-hydrogen) atoms. The summed E-state index contributed by atoms with van der Waals surface area (Å²) in [6.45, 7) is 2.10. The van der Waals surface area contributed by atoms with Crippen LogP contribution in [0.25, 0.3) is 0 Å². The van der Waals surface area contributed by atoms with Crippen molar-refractivity contribution in [1.82, 2.24) is 4.90 Å². The number of methoxy groups -OCH3 is 1. The Morgan fingerprint density at radius 3 is 2.71 bits per heavy atom. The molecule has 0 aliphatic carbocycles. The van der Waals surface area contributed by atoms with Gasteiger partial charge in [-0.1, -0.05) is 11.6 Å². The minimum absolute atomic E-state index is 0. The zero-order valence-corrected chi connectivity index (χ0v) is 16.8. The predicted molar refractivity (Wildman–Crippen MR) is 109 cm³/mol. The number of likely N-dealkylation sites (tertiary alicyclic amines) is 1. The Kier molecular flexibility index (Phi) is 9.20. The molecule has 0 aromatic heterocycles. The van der Waals surface area contributed by atoms with E-state index in [1.165, 1.54) is 6.42 Å². The van der Waals surface area contributed by atoms with Crippen LogP contribution in [0.2, 0.25) is 5.02 Å². The second kappa shape index (κ2) is 10.6. The average Bonchev–Trinajstić information content (AvgIpc) is 2.55. The van der Waals surface area contributed by atoms with Gasteiger partial charge in [-0.3, -0.25) is 9.79 Å². The van der Waals surface area contributed by atoms with Crippen LogP contribution in [0.15, 0.2) is 23.2 Å². The molecule has 1 amide bonds. The summed E-state index contributed by atoms with van der Waals surface area (Å²) in [7, 11) is 1.56. The molecule has 8 heteroatoms. The van der Waals surface area contributed by atoms with Gasteiger partial charge in [0.1, 0.15) is 5.75 Å². The quantitative estimate of drug-likeness (QED) is 0.397.